The van der Waals surface area contributed by atoms with E-state index >= 15 is 0 Å². The van der Waals surface area contributed by atoms with Gasteiger partial charge in [0.15, 0.2) is 11.2 Å². The monoisotopic (exact) mass is 972 g/mol. The fraction of sp³-hybridized carbons (Fsp3) is 0. The first kappa shape index (κ1) is 41.4. The third-order valence-corrected chi connectivity index (χ3v) is 16.5. The van der Waals surface area contributed by atoms with Crippen molar-refractivity contribution in [1.82, 2.24) is 9.13 Å². The van der Waals surface area contributed by atoms with Crippen LogP contribution in [0.2, 0.25) is 0 Å². The second kappa shape index (κ2) is 15.7. The molecule has 6 nitrogen and oxygen atoms in total. The summed E-state index contributed by atoms with van der Waals surface area (Å²) < 4.78 is 21.0. The van der Waals surface area contributed by atoms with Gasteiger partial charge in [-0.2, -0.15) is 5.26 Å². The quantitative estimate of drug-likeness (QED) is 0.161. The molecule has 0 saturated heterocycles. The number of hydrogen-bond acceptors (Lipinski definition) is 4. The van der Waals surface area contributed by atoms with Gasteiger partial charge in [-0.25, -0.2) is 4.85 Å². The second-order valence-electron chi connectivity index (χ2n) is 19.2. The molecule has 5 heterocycles. The van der Waals surface area contributed by atoms with E-state index in [0.717, 1.165) is 114 Å². The highest BCUT2D eigenvalue weighted by Crippen LogP contribution is 2.55. The minimum absolute atomic E-state index is 0.333. The van der Waals surface area contributed by atoms with Gasteiger partial charge in [0, 0.05) is 69.7 Å². The summed E-state index contributed by atoms with van der Waals surface area (Å²) >= 11 is 1.78. The van der Waals surface area contributed by atoms with Crippen LogP contribution in [-0.2, 0) is 0 Å². The molecule has 0 amide bonds. The largest absolute Gasteiger partial charge is 0.454 e. The maximum Gasteiger partial charge on any atom is 0.220 e. The first-order chi connectivity index (χ1) is 37.2. The fourth-order valence-corrected chi connectivity index (χ4v) is 13.6. The lowest BCUT2D eigenvalue weighted by molar-refractivity contribution is 0.669. The van der Waals surface area contributed by atoms with E-state index < -0.39 is 0 Å². The standard InChI is InChI=1S/C68H36N4O2S/c1-70-60-57(40-21-7-3-8-22-40)52(38-69)61(71-53-29-15-11-25-42(53)51-37-50(39-19-5-2-6-20-39)59-49-28-14-18-32-56(49)75-68(59)64(51)71)58(41-23-9-4-10-24-41)65(60)72-62-45(33-35-47-43-26-12-16-30-54(43)73-66(47)62)46-34-36-48-44-27-13-17-31-55(44)74-67(48)63(46)72/h2-37H. The van der Waals surface area contributed by atoms with Crippen molar-refractivity contribution in [3.63, 3.8) is 0 Å². The van der Waals surface area contributed by atoms with Crippen molar-refractivity contribution in [3.05, 3.63) is 235 Å². The Morgan fingerprint density at radius 1 is 0.440 bits per heavy atom. The van der Waals surface area contributed by atoms with Crippen molar-refractivity contribution in [2.75, 3.05) is 0 Å². The zero-order chi connectivity index (χ0) is 49.5. The van der Waals surface area contributed by atoms with Crippen LogP contribution in [0.15, 0.2) is 227 Å². The van der Waals surface area contributed by atoms with Gasteiger partial charge in [0.25, 0.3) is 0 Å². The van der Waals surface area contributed by atoms with Gasteiger partial charge in [-0.05, 0) is 64.7 Å². The van der Waals surface area contributed by atoms with Crippen molar-refractivity contribution < 1.29 is 8.83 Å². The summed E-state index contributed by atoms with van der Waals surface area (Å²) in [6.07, 6.45) is 0. The zero-order valence-corrected chi connectivity index (χ0v) is 40.6. The molecule has 16 aromatic rings. The Hall–Kier alpha value is -10.2. The second-order valence-corrected chi connectivity index (χ2v) is 20.2. The third kappa shape index (κ3) is 5.65. The van der Waals surface area contributed by atoms with Crippen LogP contribution in [0.3, 0.4) is 0 Å². The van der Waals surface area contributed by atoms with Gasteiger partial charge in [0.1, 0.15) is 17.2 Å². The summed E-state index contributed by atoms with van der Waals surface area (Å²) in [4.78, 5) is 4.64. The normalized spacial score (nSPS) is 12.0. The van der Waals surface area contributed by atoms with Crippen molar-refractivity contribution in [3.8, 4) is 50.8 Å². The van der Waals surface area contributed by atoms with Crippen molar-refractivity contribution in [2.45, 2.75) is 0 Å². The molecule has 0 aliphatic heterocycles. The zero-order valence-electron chi connectivity index (χ0n) is 39.8. The molecular formula is C68H36N4O2S. The molecule has 0 atom stereocenters. The Morgan fingerprint density at radius 3 is 1.55 bits per heavy atom. The van der Waals surface area contributed by atoms with Crippen LogP contribution in [0.4, 0.5) is 5.69 Å². The molecule has 0 saturated carbocycles. The first-order valence-electron chi connectivity index (χ1n) is 24.9. The molecule has 0 aliphatic carbocycles. The highest BCUT2D eigenvalue weighted by Gasteiger charge is 2.34. The maximum absolute atomic E-state index is 12.2. The Bertz CT molecular complexity index is 5070. The number of rotatable bonds is 5. The van der Waals surface area contributed by atoms with Crippen molar-refractivity contribution in [2.24, 2.45) is 0 Å². The Kier molecular flexibility index (Phi) is 8.65. The van der Waals surface area contributed by atoms with Crippen LogP contribution in [0, 0.1) is 17.9 Å². The number of fused-ring (bicyclic) bond motifs is 18. The molecule has 0 radical (unpaired) electrons. The number of nitriles is 1. The van der Waals surface area contributed by atoms with Crippen molar-refractivity contribution >= 4 is 125 Å². The summed E-state index contributed by atoms with van der Waals surface area (Å²) in [5.41, 5.74) is 13.6. The lowest BCUT2D eigenvalue weighted by atomic mass is 9.88. The van der Waals surface area contributed by atoms with E-state index in [1.54, 1.807) is 11.3 Å². The highest BCUT2D eigenvalue weighted by atomic mass is 32.1. The van der Waals surface area contributed by atoms with Gasteiger partial charge in [-0.15, -0.1) is 11.3 Å². The fourth-order valence-electron chi connectivity index (χ4n) is 12.3. The van der Waals surface area contributed by atoms with E-state index in [1.807, 2.05) is 84.9 Å². The predicted molar refractivity (Wildman–Crippen MR) is 310 cm³/mol. The van der Waals surface area contributed by atoms with Crippen LogP contribution < -0.4 is 0 Å². The molecule has 5 aromatic heterocycles. The Balaban J connectivity index is 1.21. The molecule has 75 heavy (non-hydrogen) atoms. The number of furan rings is 2. The van der Waals surface area contributed by atoms with Gasteiger partial charge in [0.2, 0.25) is 5.69 Å². The van der Waals surface area contributed by atoms with E-state index in [1.165, 1.54) is 10.1 Å². The molecule has 346 valence electrons. The molecule has 0 bridgehead atoms. The Labute approximate surface area is 431 Å². The van der Waals surface area contributed by atoms with Gasteiger partial charge < -0.3 is 18.0 Å². The minimum Gasteiger partial charge on any atom is -0.454 e. The van der Waals surface area contributed by atoms with E-state index in [2.05, 4.69) is 154 Å². The predicted octanol–water partition coefficient (Wildman–Crippen LogP) is 19.5. The van der Waals surface area contributed by atoms with E-state index in [4.69, 9.17) is 8.83 Å². The van der Waals surface area contributed by atoms with Gasteiger partial charge in [-0.1, -0.05) is 176 Å². The summed E-state index contributed by atoms with van der Waals surface area (Å²) in [5, 5.41) is 22.4. The van der Waals surface area contributed by atoms with Crippen molar-refractivity contribution in [1.29, 1.82) is 5.26 Å². The van der Waals surface area contributed by atoms with E-state index in [9.17, 15) is 11.8 Å². The van der Waals surface area contributed by atoms with Crippen LogP contribution in [0.25, 0.3) is 157 Å². The number of nitrogens with zero attached hydrogens (tertiary/aromatic N) is 4. The minimum atomic E-state index is 0.333. The van der Waals surface area contributed by atoms with Crippen LogP contribution in [-0.4, -0.2) is 9.13 Å². The molecule has 7 heteroatoms. The molecular weight excluding hydrogens is 937 g/mol. The summed E-state index contributed by atoms with van der Waals surface area (Å²) in [7, 11) is 0. The van der Waals surface area contributed by atoms with Gasteiger partial charge in [-0.3, -0.25) is 0 Å². The highest BCUT2D eigenvalue weighted by molar-refractivity contribution is 7.26. The first-order valence-corrected chi connectivity index (χ1v) is 25.7. The number of para-hydroxylation sites is 3. The molecule has 0 fully saturated rings. The lowest BCUT2D eigenvalue weighted by Crippen LogP contribution is -2.09. The number of aromatic nitrogens is 2. The molecule has 0 N–H and O–H groups in total. The van der Waals surface area contributed by atoms with Crippen LogP contribution in [0.1, 0.15) is 5.56 Å². The van der Waals surface area contributed by atoms with Gasteiger partial charge in [0.05, 0.1) is 50.3 Å². The number of hydrogen-bond donors (Lipinski definition) is 0. The molecule has 0 aliphatic rings. The van der Waals surface area contributed by atoms with Crippen LogP contribution >= 0.6 is 11.3 Å². The number of thiophene rings is 1. The molecule has 0 unspecified atom stereocenters. The summed E-state index contributed by atoms with van der Waals surface area (Å²) in [5.74, 6) is 0. The smallest absolute Gasteiger partial charge is 0.220 e. The van der Waals surface area contributed by atoms with Crippen LogP contribution in [0.5, 0.6) is 0 Å². The average Bonchev–Trinajstić information content (AvgIpc) is 4.43. The topological polar surface area (TPSA) is 64.3 Å². The summed E-state index contributed by atoms with van der Waals surface area (Å²) in [6.45, 7) is 9.56. The molecule has 11 aromatic carbocycles. The summed E-state index contributed by atoms with van der Waals surface area (Å²) in [6, 6.07) is 78.4. The molecule has 0 spiro atoms. The van der Waals surface area contributed by atoms with E-state index in [-0.39, 0.29) is 0 Å². The molecule has 16 rings (SSSR count). The maximum atomic E-state index is 12.2. The number of benzene rings is 11. The Morgan fingerprint density at radius 2 is 0.947 bits per heavy atom. The SMILES string of the molecule is [C-]#[N+]c1c(-c2ccccc2)c(C#N)c(-n2c3ccccc3c3cc(-c4ccccc4)c4c5ccccc5sc4c32)c(-c2ccccc2)c1-n1c2c(ccc3c4ccccc4oc32)c2ccc3c4ccccc4oc3c21. The average molecular weight is 973 g/mol. The third-order valence-electron chi connectivity index (χ3n) is 15.4. The van der Waals surface area contributed by atoms with Gasteiger partial charge >= 0.3 is 0 Å². The lowest BCUT2D eigenvalue weighted by Gasteiger charge is -2.26. The van der Waals surface area contributed by atoms with E-state index in [0.29, 0.717) is 39.4 Å².